The fraction of sp³-hybridized carbons (Fsp3) is 0.667. The maximum atomic E-state index is 10.4. The van der Waals surface area contributed by atoms with E-state index in [0.717, 1.165) is 25.7 Å². The van der Waals surface area contributed by atoms with Crippen molar-refractivity contribution in [3.63, 3.8) is 0 Å². The first kappa shape index (κ1) is 15.5. The normalized spacial score (nSPS) is 20.1. The Bertz CT molecular complexity index is 424. The average Bonchev–Trinajstić information content (AvgIpc) is 2.83. The van der Waals surface area contributed by atoms with Crippen LogP contribution in [0.25, 0.3) is 0 Å². The molecule has 0 heterocycles. The first-order chi connectivity index (χ1) is 9.30. The molecule has 0 saturated heterocycles. The number of aliphatic hydroxyl groups is 1. The highest BCUT2D eigenvalue weighted by Gasteiger charge is 2.31. The molecular formula is C18H29NO. The molecule has 112 valence electrons. The first-order valence-electron chi connectivity index (χ1n) is 7.86. The topological polar surface area (TPSA) is 32.3 Å². The Labute approximate surface area is 123 Å². The van der Waals surface area contributed by atoms with Crippen molar-refractivity contribution in [2.24, 2.45) is 0 Å². The highest BCUT2D eigenvalue weighted by atomic mass is 16.3. The van der Waals surface area contributed by atoms with Crippen molar-refractivity contribution >= 4 is 0 Å². The molecule has 0 aliphatic heterocycles. The predicted molar refractivity (Wildman–Crippen MR) is 85.0 cm³/mol. The molecule has 2 rings (SSSR count). The molecule has 0 aromatic heterocycles. The zero-order valence-electron chi connectivity index (χ0n) is 13.4. The second kappa shape index (κ2) is 5.87. The van der Waals surface area contributed by atoms with E-state index in [2.05, 4.69) is 57.3 Å². The second-order valence-corrected chi connectivity index (χ2v) is 7.41. The molecule has 1 aliphatic rings. The lowest BCUT2D eigenvalue weighted by Crippen LogP contribution is -2.39. The number of hydrogen-bond donors (Lipinski definition) is 2. The summed E-state index contributed by atoms with van der Waals surface area (Å²) in [5, 5.41) is 13.9. The summed E-state index contributed by atoms with van der Waals surface area (Å²) in [6, 6.07) is 9.14. The minimum Gasteiger partial charge on any atom is -0.389 e. The van der Waals surface area contributed by atoms with Gasteiger partial charge < -0.3 is 10.4 Å². The van der Waals surface area contributed by atoms with Gasteiger partial charge in [-0.1, -0.05) is 57.9 Å². The Balaban J connectivity index is 1.94. The molecule has 2 heteroatoms. The molecule has 0 spiro atoms. The molecule has 1 aliphatic carbocycles. The van der Waals surface area contributed by atoms with E-state index >= 15 is 0 Å². The Morgan fingerprint density at radius 2 is 1.70 bits per heavy atom. The van der Waals surface area contributed by atoms with E-state index in [-0.39, 0.29) is 11.5 Å². The van der Waals surface area contributed by atoms with Gasteiger partial charge in [0, 0.05) is 12.6 Å². The SMILES string of the molecule is CC(NCC1(O)CCCC1)c1ccc(C(C)(C)C)cc1. The summed E-state index contributed by atoms with van der Waals surface area (Å²) >= 11 is 0. The van der Waals surface area contributed by atoms with Crippen molar-refractivity contribution in [2.75, 3.05) is 6.54 Å². The predicted octanol–water partition coefficient (Wildman–Crippen LogP) is 3.94. The Morgan fingerprint density at radius 1 is 1.15 bits per heavy atom. The summed E-state index contributed by atoms with van der Waals surface area (Å²) in [6.07, 6.45) is 4.20. The molecule has 1 fully saturated rings. The molecule has 1 aromatic carbocycles. The molecule has 20 heavy (non-hydrogen) atoms. The zero-order chi connectivity index (χ0) is 14.8. The molecule has 1 atom stereocenters. The molecule has 2 nitrogen and oxygen atoms in total. The lowest BCUT2D eigenvalue weighted by atomic mass is 9.86. The average molecular weight is 275 g/mol. The van der Waals surface area contributed by atoms with Crippen LogP contribution in [0.4, 0.5) is 0 Å². The summed E-state index contributed by atoms with van der Waals surface area (Å²) in [7, 11) is 0. The minimum atomic E-state index is -0.473. The third-order valence-electron chi connectivity index (χ3n) is 4.55. The number of benzene rings is 1. The fourth-order valence-corrected chi connectivity index (χ4v) is 2.94. The number of rotatable bonds is 4. The largest absolute Gasteiger partial charge is 0.389 e. The second-order valence-electron chi connectivity index (χ2n) is 7.41. The van der Waals surface area contributed by atoms with Crippen LogP contribution in [-0.4, -0.2) is 17.3 Å². The smallest absolute Gasteiger partial charge is 0.0771 e. The Morgan fingerprint density at radius 3 is 2.20 bits per heavy atom. The number of hydrogen-bond acceptors (Lipinski definition) is 2. The van der Waals surface area contributed by atoms with Crippen molar-refractivity contribution < 1.29 is 5.11 Å². The summed E-state index contributed by atoms with van der Waals surface area (Å²) in [5.74, 6) is 0. The minimum absolute atomic E-state index is 0.203. The van der Waals surface area contributed by atoms with E-state index < -0.39 is 5.60 Å². The van der Waals surface area contributed by atoms with E-state index in [0.29, 0.717) is 6.54 Å². The van der Waals surface area contributed by atoms with Gasteiger partial charge >= 0.3 is 0 Å². The standard InChI is InChI=1S/C18H29NO/c1-14(19-13-18(20)11-5-6-12-18)15-7-9-16(10-8-15)17(2,3)4/h7-10,14,19-20H,5-6,11-13H2,1-4H3. The van der Waals surface area contributed by atoms with Gasteiger partial charge in [0.05, 0.1) is 5.60 Å². The zero-order valence-corrected chi connectivity index (χ0v) is 13.4. The molecule has 1 saturated carbocycles. The third-order valence-corrected chi connectivity index (χ3v) is 4.55. The van der Waals surface area contributed by atoms with Crippen LogP contribution >= 0.6 is 0 Å². The van der Waals surface area contributed by atoms with Gasteiger partial charge in [-0.25, -0.2) is 0 Å². The molecule has 0 bridgehead atoms. The van der Waals surface area contributed by atoms with Crippen molar-refractivity contribution in [1.29, 1.82) is 0 Å². The summed E-state index contributed by atoms with van der Waals surface area (Å²) < 4.78 is 0. The van der Waals surface area contributed by atoms with E-state index in [1.165, 1.54) is 11.1 Å². The summed E-state index contributed by atoms with van der Waals surface area (Å²) in [6.45, 7) is 9.58. The third kappa shape index (κ3) is 3.83. The van der Waals surface area contributed by atoms with Gasteiger partial charge in [-0.05, 0) is 36.3 Å². The van der Waals surface area contributed by atoms with Gasteiger partial charge in [-0.15, -0.1) is 0 Å². The van der Waals surface area contributed by atoms with E-state index in [9.17, 15) is 5.11 Å². The molecule has 1 aromatic rings. The van der Waals surface area contributed by atoms with Gasteiger partial charge in [0.15, 0.2) is 0 Å². The molecular weight excluding hydrogens is 246 g/mol. The van der Waals surface area contributed by atoms with Crippen molar-refractivity contribution in [3.8, 4) is 0 Å². The van der Waals surface area contributed by atoms with Gasteiger partial charge in [0.25, 0.3) is 0 Å². The van der Waals surface area contributed by atoms with Crippen molar-refractivity contribution in [2.45, 2.75) is 70.4 Å². The number of nitrogens with one attached hydrogen (secondary N) is 1. The van der Waals surface area contributed by atoms with Crippen LogP contribution in [0.5, 0.6) is 0 Å². The van der Waals surface area contributed by atoms with E-state index in [1.54, 1.807) is 0 Å². The Hall–Kier alpha value is -0.860. The quantitative estimate of drug-likeness (QED) is 0.872. The highest BCUT2D eigenvalue weighted by molar-refractivity contribution is 5.29. The van der Waals surface area contributed by atoms with Crippen LogP contribution < -0.4 is 5.32 Å². The van der Waals surface area contributed by atoms with Crippen LogP contribution in [0.3, 0.4) is 0 Å². The maximum Gasteiger partial charge on any atom is 0.0771 e. The van der Waals surface area contributed by atoms with Crippen LogP contribution in [0.1, 0.15) is 70.5 Å². The van der Waals surface area contributed by atoms with E-state index in [4.69, 9.17) is 0 Å². The van der Waals surface area contributed by atoms with Crippen molar-refractivity contribution in [3.05, 3.63) is 35.4 Å². The first-order valence-corrected chi connectivity index (χ1v) is 7.86. The molecule has 0 amide bonds. The van der Waals surface area contributed by atoms with E-state index in [1.807, 2.05) is 0 Å². The fourth-order valence-electron chi connectivity index (χ4n) is 2.94. The maximum absolute atomic E-state index is 10.4. The lowest BCUT2D eigenvalue weighted by molar-refractivity contribution is 0.0453. The lowest BCUT2D eigenvalue weighted by Gasteiger charge is -2.26. The molecule has 0 radical (unpaired) electrons. The van der Waals surface area contributed by atoms with Gasteiger partial charge in [0.2, 0.25) is 0 Å². The van der Waals surface area contributed by atoms with Crippen LogP contribution in [0, 0.1) is 0 Å². The molecule has 1 unspecified atom stereocenters. The summed E-state index contributed by atoms with van der Waals surface area (Å²) in [5.41, 5.74) is 2.39. The van der Waals surface area contributed by atoms with Crippen LogP contribution in [-0.2, 0) is 5.41 Å². The highest BCUT2D eigenvalue weighted by Crippen LogP contribution is 2.29. The van der Waals surface area contributed by atoms with Crippen LogP contribution in [0.2, 0.25) is 0 Å². The van der Waals surface area contributed by atoms with Crippen LogP contribution in [0.15, 0.2) is 24.3 Å². The van der Waals surface area contributed by atoms with Gasteiger partial charge in [-0.2, -0.15) is 0 Å². The Kier molecular flexibility index (Phi) is 4.55. The summed E-state index contributed by atoms with van der Waals surface area (Å²) in [4.78, 5) is 0. The molecule has 2 N–H and O–H groups in total. The monoisotopic (exact) mass is 275 g/mol. The van der Waals surface area contributed by atoms with Gasteiger partial charge in [0.1, 0.15) is 0 Å². The van der Waals surface area contributed by atoms with Gasteiger partial charge in [-0.3, -0.25) is 0 Å². The van der Waals surface area contributed by atoms with Crippen molar-refractivity contribution in [1.82, 2.24) is 5.32 Å².